The molecule has 0 saturated heterocycles. The number of fused-ring (bicyclic) bond motifs is 1. The minimum absolute atomic E-state index is 0. The predicted octanol–water partition coefficient (Wildman–Crippen LogP) is 16.3. The number of aromatic hydroxyl groups is 1. The van der Waals surface area contributed by atoms with Crippen LogP contribution in [0.3, 0.4) is 0 Å². The summed E-state index contributed by atoms with van der Waals surface area (Å²) in [4.78, 5) is 10.7. The molecule has 0 spiro atoms. The molecule has 0 radical (unpaired) electrons. The van der Waals surface area contributed by atoms with Crippen LogP contribution < -0.4 is 0 Å². The number of hydrogen-bond acceptors (Lipinski definition) is 3. The molecule has 6 aromatic carbocycles. The molecule has 0 aliphatic rings. The molecule has 0 fully saturated rings. The maximum Gasteiger partial charge on any atom is 0.148 e. The number of benzene rings is 6. The van der Waals surface area contributed by atoms with Gasteiger partial charge in [-0.25, -0.2) is 4.98 Å². The van der Waals surface area contributed by atoms with Crippen molar-refractivity contribution in [3.8, 4) is 56.3 Å². The SMILES string of the molecule is CC(C)c1cc(C(C)(C)C)cc(C(C)C)c1-n1c(-c2cc(C(C)(C)C)cc(C(C)(C)C)c2O)nc2c(-c3[c-]c(-c4cc(-c5ccccc5)ccn4)cc(Cc4ccccc4)c3)cccc21.[Pt]. The summed E-state index contributed by atoms with van der Waals surface area (Å²) < 4.78 is 2.38. The number of imidazole rings is 1. The van der Waals surface area contributed by atoms with Crippen molar-refractivity contribution in [2.24, 2.45) is 0 Å². The van der Waals surface area contributed by atoms with Gasteiger partial charge >= 0.3 is 0 Å². The Morgan fingerprint density at radius 1 is 0.576 bits per heavy atom. The number of rotatable bonds is 9. The number of phenolic OH excluding ortho intramolecular Hbond substituents is 1. The summed E-state index contributed by atoms with van der Waals surface area (Å²) in [5.41, 5.74) is 17.4. The molecule has 0 amide bonds. The first-order valence-electron chi connectivity index (χ1n) is 23.4. The quantitative estimate of drug-likeness (QED) is 0.147. The monoisotopic (exact) mass is 1050 g/mol. The van der Waals surface area contributed by atoms with Gasteiger partial charge in [0.05, 0.1) is 22.3 Å². The molecule has 0 unspecified atom stereocenters. The summed E-state index contributed by atoms with van der Waals surface area (Å²) >= 11 is 0. The van der Waals surface area contributed by atoms with Gasteiger partial charge in [0.2, 0.25) is 0 Å². The Hall–Kier alpha value is -5.57. The fraction of sp³-hybridized carbons (Fsp3) is 0.311. The Kier molecular flexibility index (Phi) is 13.6. The van der Waals surface area contributed by atoms with Gasteiger partial charge in [0.15, 0.2) is 0 Å². The van der Waals surface area contributed by atoms with E-state index in [0.29, 0.717) is 0 Å². The average molecular weight is 1050 g/mol. The smallest absolute Gasteiger partial charge is 0.148 e. The molecule has 2 aromatic heterocycles. The molecule has 0 aliphatic carbocycles. The van der Waals surface area contributed by atoms with E-state index >= 15 is 0 Å². The number of para-hydroxylation sites is 1. The minimum atomic E-state index is -0.320. The molecule has 0 aliphatic heterocycles. The summed E-state index contributed by atoms with van der Waals surface area (Å²) in [6.07, 6.45) is 2.65. The summed E-state index contributed by atoms with van der Waals surface area (Å²) in [5.74, 6) is 1.42. The third kappa shape index (κ3) is 9.77. The van der Waals surface area contributed by atoms with E-state index in [-0.39, 0.29) is 54.9 Å². The molecule has 1 N–H and O–H groups in total. The zero-order chi connectivity index (χ0) is 46.6. The van der Waals surface area contributed by atoms with Crippen molar-refractivity contribution in [2.45, 2.75) is 125 Å². The largest absolute Gasteiger partial charge is 0.507 e. The fourth-order valence-electron chi connectivity index (χ4n) is 9.02. The average Bonchev–Trinajstić information content (AvgIpc) is 3.64. The van der Waals surface area contributed by atoms with Crippen LogP contribution in [0.25, 0.3) is 61.6 Å². The first kappa shape index (κ1) is 48.4. The van der Waals surface area contributed by atoms with Crippen molar-refractivity contribution in [3.05, 3.63) is 179 Å². The van der Waals surface area contributed by atoms with E-state index in [1.54, 1.807) is 0 Å². The Bertz CT molecular complexity index is 2980. The Labute approximate surface area is 408 Å². The summed E-state index contributed by atoms with van der Waals surface area (Å²) in [6, 6.07) is 49.5. The van der Waals surface area contributed by atoms with Gasteiger partial charge in [0.1, 0.15) is 11.6 Å². The molecule has 4 nitrogen and oxygen atoms in total. The van der Waals surface area contributed by atoms with Gasteiger partial charge < -0.3 is 5.11 Å². The number of phenols is 1. The second-order valence-electron chi connectivity index (χ2n) is 21.7. The molecule has 0 atom stereocenters. The second kappa shape index (κ2) is 18.6. The fourth-order valence-corrected chi connectivity index (χ4v) is 9.02. The zero-order valence-electron chi connectivity index (χ0n) is 41.2. The second-order valence-corrected chi connectivity index (χ2v) is 21.7. The van der Waals surface area contributed by atoms with Gasteiger partial charge in [-0.3, -0.25) is 9.55 Å². The number of nitrogens with zero attached hydrogens (tertiary/aromatic N) is 3. The summed E-state index contributed by atoms with van der Waals surface area (Å²) in [5, 5.41) is 12.6. The molecule has 5 heteroatoms. The van der Waals surface area contributed by atoms with Crippen molar-refractivity contribution in [1.29, 1.82) is 0 Å². The van der Waals surface area contributed by atoms with Crippen LogP contribution in [0.15, 0.2) is 134 Å². The number of pyridine rings is 1. The number of hydrogen-bond donors (Lipinski definition) is 1. The van der Waals surface area contributed by atoms with Gasteiger partial charge in [-0.1, -0.05) is 198 Å². The van der Waals surface area contributed by atoms with Crippen LogP contribution in [0, 0.1) is 6.07 Å². The third-order valence-corrected chi connectivity index (χ3v) is 12.8. The Balaban J connectivity index is 0.00000648. The Morgan fingerprint density at radius 3 is 1.76 bits per heavy atom. The number of aromatic nitrogens is 3. The minimum Gasteiger partial charge on any atom is -0.507 e. The van der Waals surface area contributed by atoms with Crippen molar-refractivity contribution >= 4 is 11.0 Å². The first-order valence-corrected chi connectivity index (χ1v) is 23.4. The maximum atomic E-state index is 12.6. The van der Waals surface area contributed by atoms with Crippen molar-refractivity contribution in [3.63, 3.8) is 0 Å². The van der Waals surface area contributed by atoms with E-state index in [1.807, 2.05) is 12.3 Å². The standard InChI is InChI=1S/C61H66N3O.Pt/c1-38(2)49-34-46(59(5,6)7)35-50(39(3)4)56(49)64-54-26-20-25-48(55(54)63-58(64)51-36-47(60(8,9)10)37-52(57(51)65)61(11,12)13)44-30-41(29-40-21-16-14-17-22-40)31-45(32-44)53-33-43(27-28-62-53)42-23-18-15-19-24-42;/h14-28,30-31,33-39,65H,29H2,1-13H3;/q-1;. The topological polar surface area (TPSA) is 50.9 Å². The van der Waals surface area contributed by atoms with Gasteiger partial charge in [0, 0.05) is 38.5 Å². The molecule has 342 valence electrons. The van der Waals surface area contributed by atoms with Crippen LogP contribution in [-0.2, 0) is 43.7 Å². The van der Waals surface area contributed by atoms with E-state index < -0.39 is 0 Å². The summed E-state index contributed by atoms with van der Waals surface area (Å²) in [7, 11) is 0. The van der Waals surface area contributed by atoms with Crippen LogP contribution >= 0.6 is 0 Å². The van der Waals surface area contributed by atoms with Crippen molar-refractivity contribution in [2.75, 3.05) is 0 Å². The Morgan fingerprint density at radius 2 is 1.17 bits per heavy atom. The van der Waals surface area contributed by atoms with Gasteiger partial charge in [-0.15, -0.1) is 29.3 Å². The van der Waals surface area contributed by atoms with Crippen LogP contribution in [0.1, 0.15) is 141 Å². The third-order valence-electron chi connectivity index (χ3n) is 12.8. The molecule has 8 rings (SSSR count). The molecular formula is C61H66N3OPt-. The van der Waals surface area contributed by atoms with Crippen molar-refractivity contribution in [1.82, 2.24) is 14.5 Å². The van der Waals surface area contributed by atoms with Gasteiger partial charge in [0.25, 0.3) is 0 Å². The van der Waals surface area contributed by atoms with E-state index in [1.165, 1.54) is 22.3 Å². The molecular weight excluding hydrogens is 986 g/mol. The van der Waals surface area contributed by atoms with Gasteiger partial charge in [-0.2, -0.15) is 0 Å². The van der Waals surface area contributed by atoms with Gasteiger partial charge in [-0.05, 0) is 91.6 Å². The predicted molar refractivity (Wildman–Crippen MR) is 275 cm³/mol. The normalized spacial score (nSPS) is 12.3. The van der Waals surface area contributed by atoms with Crippen molar-refractivity contribution < 1.29 is 26.2 Å². The van der Waals surface area contributed by atoms with Crippen LogP contribution in [0.2, 0.25) is 0 Å². The van der Waals surface area contributed by atoms with E-state index in [4.69, 9.17) is 9.97 Å². The zero-order valence-corrected chi connectivity index (χ0v) is 43.4. The maximum absolute atomic E-state index is 12.6. The summed E-state index contributed by atoms with van der Waals surface area (Å²) in [6.45, 7) is 29.4. The van der Waals surface area contributed by atoms with E-state index in [0.717, 1.165) is 84.7 Å². The molecule has 0 bridgehead atoms. The van der Waals surface area contributed by atoms with Crippen LogP contribution in [0.4, 0.5) is 0 Å². The first-order chi connectivity index (χ1) is 30.7. The van der Waals surface area contributed by atoms with E-state index in [9.17, 15) is 5.11 Å². The van der Waals surface area contributed by atoms with Crippen LogP contribution in [-0.4, -0.2) is 19.6 Å². The van der Waals surface area contributed by atoms with E-state index in [2.05, 4.69) is 222 Å². The molecule has 66 heavy (non-hydrogen) atoms. The molecule has 2 heterocycles. The van der Waals surface area contributed by atoms with Crippen LogP contribution in [0.5, 0.6) is 5.75 Å². The molecule has 0 saturated carbocycles. The molecule has 8 aromatic rings.